The third-order valence-electron chi connectivity index (χ3n) is 4.14. The van der Waals surface area contributed by atoms with Gasteiger partial charge in [-0.15, -0.1) is 0 Å². The fourth-order valence-corrected chi connectivity index (χ4v) is 2.87. The number of amides is 2. The van der Waals surface area contributed by atoms with Gasteiger partial charge in [0.1, 0.15) is 5.76 Å². The zero-order chi connectivity index (χ0) is 18.7. The number of anilines is 2. The number of aryl methyl sites for hydroxylation is 1. The highest BCUT2D eigenvalue weighted by Crippen LogP contribution is 2.24. The van der Waals surface area contributed by atoms with Crippen molar-refractivity contribution in [2.45, 2.75) is 6.92 Å². The summed E-state index contributed by atoms with van der Waals surface area (Å²) in [5.41, 5.74) is 0.688. The molecule has 0 radical (unpaired) electrons. The van der Waals surface area contributed by atoms with E-state index in [9.17, 15) is 9.59 Å². The monoisotopic (exact) mass is 378 g/mol. The molecule has 1 aliphatic heterocycles. The molecule has 0 spiro atoms. The SMILES string of the molecule is COC(=O)c1ccc(Cl)c(NC(=O)N2CCN(c3cc(C)on3)CC2)c1. The first kappa shape index (κ1) is 18.1. The van der Waals surface area contributed by atoms with Crippen molar-refractivity contribution in [3.8, 4) is 0 Å². The first-order valence-corrected chi connectivity index (χ1v) is 8.48. The Morgan fingerprint density at radius 3 is 2.58 bits per heavy atom. The van der Waals surface area contributed by atoms with Crippen LogP contribution in [0.1, 0.15) is 16.1 Å². The zero-order valence-corrected chi connectivity index (χ0v) is 15.2. The minimum atomic E-state index is -0.492. The maximum Gasteiger partial charge on any atom is 0.337 e. The Morgan fingerprint density at radius 1 is 1.23 bits per heavy atom. The standard InChI is InChI=1S/C17H19ClN4O4/c1-11-9-15(20-26-11)21-5-7-22(8-6-21)17(24)19-14-10-12(16(23)25-2)3-4-13(14)18/h3-4,9-10H,5-8H2,1-2H3,(H,19,24). The third kappa shape index (κ3) is 3.91. The number of carbonyl (C=O) groups is 2. The van der Waals surface area contributed by atoms with E-state index in [1.54, 1.807) is 17.0 Å². The van der Waals surface area contributed by atoms with E-state index in [1.807, 2.05) is 13.0 Å². The van der Waals surface area contributed by atoms with Crippen molar-refractivity contribution in [2.24, 2.45) is 0 Å². The Bertz CT molecular complexity index is 815. The summed E-state index contributed by atoms with van der Waals surface area (Å²) in [6, 6.07) is 6.19. The summed E-state index contributed by atoms with van der Waals surface area (Å²) in [7, 11) is 1.30. The van der Waals surface area contributed by atoms with Crippen molar-refractivity contribution in [3.05, 3.63) is 40.6 Å². The molecule has 1 aromatic carbocycles. The lowest BCUT2D eigenvalue weighted by atomic mass is 10.2. The molecule has 1 aliphatic rings. The lowest BCUT2D eigenvalue weighted by molar-refractivity contribution is 0.0600. The molecule has 1 fully saturated rings. The summed E-state index contributed by atoms with van der Waals surface area (Å²) >= 11 is 6.12. The van der Waals surface area contributed by atoms with Gasteiger partial charge in [0.15, 0.2) is 5.82 Å². The molecule has 1 aromatic heterocycles. The van der Waals surface area contributed by atoms with E-state index in [2.05, 4.69) is 20.1 Å². The highest BCUT2D eigenvalue weighted by molar-refractivity contribution is 6.33. The number of benzene rings is 1. The predicted octanol–water partition coefficient (Wildman–Crippen LogP) is 2.78. The maximum atomic E-state index is 12.5. The Hall–Kier alpha value is -2.74. The number of hydrogen-bond donors (Lipinski definition) is 1. The number of nitrogens with one attached hydrogen (secondary N) is 1. The number of carbonyl (C=O) groups excluding carboxylic acids is 2. The van der Waals surface area contributed by atoms with Crippen LogP contribution in [0.25, 0.3) is 0 Å². The minimum absolute atomic E-state index is 0.273. The Morgan fingerprint density at radius 2 is 1.96 bits per heavy atom. The summed E-state index contributed by atoms with van der Waals surface area (Å²) in [4.78, 5) is 27.9. The maximum absolute atomic E-state index is 12.5. The molecule has 1 N–H and O–H groups in total. The Kier molecular flexibility index (Phi) is 5.32. The second-order valence-electron chi connectivity index (χ2n) is 5.89. The van der Waals surface area contributed by atoms with Gasteiger partial charge in [-0.1, -0.05) is 16.8 Å². The van der Waals surface area contributed by atoms with Crippen molar-refractivity contribution in [1.29, 1.82) is 0 Å². The molecule has 9 heteroatoms. The van der Waals surface area contributed by atoms with Gasteiger partial charge in [0.25, 0.3) is 0 Å². The van der Waals surface area contributed by atoms with Crippen LogP contribution >= 0.6 is 11.6 Å². The first-order chi connectivity index (χ1) is 12.5. The summed E-state index contributed by atoms with van der Waals surface area (Å²) in [5, 5.41) is 7.10. The number of halogens is 1. The number of nitrogens with zero attached hydrogens (tertiary/aromatic N) is 3. The normalized spacial score (nSPS) is 14.3. The van der Waals surface area contributed by atoms with Crippen LogP contribution in [0.3, 0.4) is 0 Å². The molecule has 138 valence electrons. The number of urea groups is 1. The zero-order valence-electron chi connectivity index (χ0n) is 14.5. The lowest BCUT2D eigenvalue weighted by Gasteiger charge is -2.34. The fourth-order valence-electron chi connectivity index (χ4n) is 2.70. The van der Waals surface area contributed by atoms with Crippen LogP contribution in [-0.2, 0) is 4.74 Å². The van der Waals surface area contributed by atoms with E-state index >= 15 is 0 Å². The van der Waals surface area contributed by atoms with Crippen molar-refractivity contribution < 1.29 is 18.8 Å². The molecule has 3 rings (SSSR count). The van der Waals surface area contributed by atoms with Crippen LogP contribution in [-0.4, -0.2) is 55.3 Å². The molecule has 0 unspecified atom stereocenters. The first-order valence-electron chi connectivity index (χ1n) is 8.10. The van der Waals surface area contributed by atoms with E-state index in [-0.39, 0.29) is 6.03 Å². The lowest BCUT2D eigenvalue weighted by Crippen LogP contribution is -2.50. The van der Waals surface area contributed by atoms with Crippen LogP contribution < -0.4 is 10.2 Å². The summed E-state index contributed by atoms with van der Waals surface area (Å²) in [6.07, 6.45) is 0. The van der Waals surface area contributed by atoms with Gasteiger partial charge in [0.05, 0.1) is 23.4 Å². The topological polar surface area (TPSA) is 87.9 Å². The summed E-state index contributed by atoms with van der Waals surface area (Å²) < 4.78 is 9.77. The molecule has 2 heterocycles. The molecule has 2 aromatic rings. The van der Waals surface area contributed by atoms with Gasteiger partial charge in [0, 0.05) is 32.2 Å². The van der Waals surface area contributed by atoms with Crippen molar-refractivity contribution >= 4 is 35.1 Å². The van der Waals surface area contributed by atoms with Crippen molar-refractivity contribution in [1.82, 2.24) is 10.1 Å². The van der Waals surface area contributed by atoms with Crippen LogP contribution in [0.5, 0.6) is 0 Å². The number of methoxy groups -OCH3 is 1. The van der Waals surface area contributed by atoms with Gasteiger partial charge in [-0.2, -0.15) is 0 Å². The Labute approximate surface area is 155 Å². The molecular formula is C17H19ClN4O4. The summed E-state index contributed by atoms with van der Waals surface area (Å²) in [6.45, 7) is 4.20. The van der Waals surface area contributed by atoms with Crippen LogP contribution in [0.2, 0.25) is 5.02 Å². The number of esters is 1. The molecule has 0 saturated carbocycles. The number of hydrogen-bond acceptors (Lipinski definition) is 6. The molecule has 0 bridgehead atoms. The molecule has 8 nitrogen and oxygen atoms in total. The number of piperazine rings is 1. The average Bonchev–Trinajstić information content (AvgIpc) is 3.09. The van der Waals surface area contributed by atoms with E-state index < -0.39 is 5.97 Å². The molecule has 2 amide bonds. The van der Waals surface area contributed by atoms with Gasteiger partial charge in [-0.3, -0.25) is 0 Å². The quantitative estimate of drug-likeness (QED) is 0.826. The van der Waals surface area contributed by atoms with Crippen molar-refractivity contribution in [3.63, 3.8) is 0 Å². The van der Waals surface area contributed by atoms with Crippen molar-refractivity contribution in [2.75, 3.05) is 43.5 Å². The average molecular weight is 379 g/mol. The van der Waals surface area contributed by atoms with E-state index in [0.29, 0.717) is 42.5 Å². The van der Waals surface area contributed by atoms with Crippen LogP contribution in [0, 0.1) is 6.92 Å². The minimum Gasteiger partial charge on any atom is -0.465 e. The highest BCUT2D eigenvalue weighted by Gasteiger charge is 2.23. The largest absolute Gasteiger partial charge is 0.465 e. The molecule has 1 saturated heterocycles. The second kappa shape index (κ2) is 7.65. The van der Waals surface area contributed by atoms with E-state index in [0.717, 1.165) is 11.6 Å². The molecular weight excluding hydrogens is 360 g/mol. The van der Waals surface area contributed by atoms with Crippen LogP contribution in [0.15, 0.2) is 28.8 Å². The van der Waals surface area contributed by atoms with Gasteiger partial charge < -0.3 is 24.4 Å². The molecule has 26 heavy (non-hydrogen) atoms. The predicted molar refractivity (Wildman–Crippen MR) is 96.8 cm³/mol. The van der Waals surface area contributed by atoms with Gasteiger partial charge in [-0.05, 0) is 25.1 Å². The highest BCUT2D eigenvalue weighted by atomic mass is 35.5. The fraction of sp³-hybridized carbons (Fsp3) is 0.353. The van der Waals surface area contributed by atoms with E-state index in [1.165, 1.54) is 13.2 Å². The number of aromatic nitrogens is 1. The summed E-state index contributed by atoms with van der Waals surface area (Å²) in [5.74, 6) is 1.03. The second-order valence-corrected chi connectivity index (χ2v) is 6.29. The molecule has 0 aliphatic carbocycles. The van der Waals surface area contributed by atoms with Crippen LogP contribution in [0.4, 0.5) is 16.3 Å². The smallest absolute Gasteiger partial charge is 0.337 e. The van der Waals surface area contributed by atoms with Gasteiger partial charge in [0.2, 0.25) is 0 Å². The van der Waals surface area contributed by atoms with Gasteiger partial charge in [-0.25, -0.2) is 9.59 Å². The Balaban J connectivity index is 1.62. The van der Waals surface area contributed by atoms with Gasteiger partial charge >= 0.3 is 12.0 Å². The molecule has 0 atom stereocenters. The van der Waals surface area contributed by atoms with E-state index in [4.69, 9.17) is 16.1 Å². The number of ether oxygens (including phenoxy) is 1. The number of rotatable bonds is 3. The third-order valence-corrected chi connectivity index (χ3v) is 4.47.